The summed E-state index contributed by atoms with van der Waals surface area (Å²) >= 11 is 0. The Kier molecular flexibility index (Phi) is 7.79. The molecule has 150 valence electrons. The van der Waals surface area contributed by atoms with Crippen LogP contribution in [0.5, 0.6) is 0 Å². The molecule has 1 aliphatic rings. The summed E-state index contributed by atoms with van der Waals surface area (Å²) in [4.78, 5) is 26.1. The van der Waals surface area contributed by atoms with Gasteiger partial charge in [-0.15, -0.1) is 0 Å². The van der Waals surface area contributed by atoms with E-state index in [0.717, 1.165) is 19.1 Å². The van der Waals surface area contributed by atoms with E-state index in [4.69, 9.17) is 4.18 Å². The number of methoxy groups -OCH3 is 1. The predicted octanol–water partition coefficient (Wildman–Crippen LogP) is 1.77. The molecule has 0 aromatic heterocycles. The zero-order valence-electron chi connectivity index (χ0n) is 15.8. The third-order valence-corrected chi connectivity index (χ3v) is 5.32. The number of benzene rings is 1. The number of likely N-dealkylation sites (tertiary alicyclic amines) is 1. The van der Waals surface area contributed by atoms with E-state index in [9.17, 15) is 18.0 Å². The number of carbonyl (C=O) groups is 2. The summed E-state index contributed by atoms with van der Waals surface area (Å²) in [6.07, 6.45) is 3.62. The molecule has 0 radical (unpaired) electrons. The van der Waals surface area contributed by atoms with E-state index in [-0.39, 0.29) is 25.0 Å². The highest BCUT2D eigenvalue weighted by molar-refractivity contribution is 7.85. The fraction of sp³-hybridized carbons (Fsp3) is 0.579. The highest BCUT2D eigenvalue weighted by Gasteiger charge is 2.40. The highest BCUT2D eigenvalue weighted by Crippen LogP contribution is 2.30. The first-order chi connectivity index (χ1) is 12.8. The second-order valence-electron chi connectivity index (χ2n) is 6.80. The van der Waals surface area contributed by atoms with Crippen LogP contribution in [0.4, 0.5) is 0 Å². The quantitative estimate of drug-likeness (QED) is 0.441. The maximum Gasteiger partial charge on any atom is 0.306 e. The van der Waals surface area contributed by atoms with Crippen LogP contribution in [0.3, 0.4) is 0 Å². The standard InChI is InChI=1S/C19H27NO6S/c1-25-18(21)14-16-13-17(10-12-26-27(2,23)24)20(19(16)22)11-6-9-15-7-4-3-5-8-15/h3-5,7-8,16-17H,6,9-14H2,1-2H3/t16-,17+/m0/s1. The molecule has 1 fully saturated rings. The second-order valence-corrected chi connectivity index (χ2v) is 8.45. The topological polar surface area (TPSA) is 90.0 Å². The number of amides is 1. The van der Waals surface area contributed by atoms with Crippen LogP contribution in [0.15, 0.2) is 30.3 Å². The van der Waals surface area contributed by atoms with Crippen LogP contribution >= 0.6 is 0 Å². The molecule has 1 aromatic rings. The molecule has 27 heavy (non-hydrogen) atoms. The number of aryl methyl sites for hydroxylation is 1. The molecule has 0 N–H and O–H groups in total. The molecule has 0 unspecified atom stereocenters. The zero-order valence-corrected chi connectivity index (χ0v) is 16.6. The first-order valence-corrected chi connectivity index (χ1v) is 10.9. The predicted molar refractivity (Wildman–Crippen MR) is 100 cm³/mol. The molecule has 2 atom stereocenters. The Bertz CT molecular complexity index is 734. The minimum absolute atomic E-state index is 0.0247. The minimum Gasteiger partial charge on any atom is -0.469 e. The van der Waals surface area contributed by atoms with Gasteiger partial charge in [0.25, 0.3) is 10.1 Å². The number of rotatable bonds is 10. The van der Waals surface area contributed by atoms with E-state index >= 15 is 0 Å². The van der Waals surface area contributed by atoms with Crippen molar-refractivity contribution in [3.63, 3.8) is 0 Å². The van der Waals surface area contributed by atoms with Crippen LogP contribution in [0.1, 0.15) is 31.2 Å². The normalized spacial score (nSPS) is 20.1. The van der Waals surface area contributed by atoms with Gasteiger partial charge in [-0.2, -0.15) is 8.42 Å². The van der Waals surface area contributed by atoms with Gasteiger partial charge in [0.1, 0.15) is 0 Å². The largest absolute Gasteiger partial charge is 0.469 e. The summed E-state index contributed by atoms with van der Waals surface area (Å²) in [7, 11) is -2.21. The highest BCUT2D eigenvalue weighted by atomic mass is 32.2. The lowest BCUT2D eigenvalue weighted by molar-refractivity contribution is -0.144. The molecular weight excluding hydrogens is 370 g/mol. The van der Waals surface area contributed by atoms with Gasteiger partial charge < -0.3 is 9.64 Å². The second kappa shape index (κ2) is 9.85. The van der Waals surface area contributed by atoms with Gasteiger partial charge in [-0.3, -0.25) is 13.8 Å². The maximum absolute atomic E-state index is 12.7. The van der Waals surface area contributed by atoms with Crippen LogP contribution < -0.4 is 0 Å². The molecule has 8 heteroatoms. The van der Waals surface area contributed by atoms with Gasteiger partial charge in [0.05, 0.1) is 32.3 Å². The Morgan fingerprint density at radius 3 is 2.59 bits per heavy atom. The summed E-state index contributed by atoms with van der Waals surface area (Å²) in [5.41, 5.74) is 1.20. The van der Waals surface area contributed by atoms with Crippen LogP contribution in [-0.2, 0) is 35.0 Å². The first-order valence-electron chi connectivity index (χ1n) is 9.06. The lowest BCUT2D eigenvalue weighted by Crippen LogP contribution is -2.36. The van der Waals surface area contributed by atoms with Gasteiger partial charge in [0.15, 0.2) is 0 Å². The molecule has 0 bridgehead atoms. The van der Waals surface area contributed by atoms with E-state index in [1.807, 2.05) is 30.3 Å². The fourth-order valence-corrected chi connectivity index (χ4v) is 3.83. The number of hydrogen-bond donors (Lipinski definition) is 0. The Morgan fingerprint density at radius 2 is 1.96 bits per heavy atom. The van der Waals surface area contributed by atoms with Crippen molar-refractivity contribution in [3.05, 3.63) is 35.9 Å². The van der Waals surface area contributed by atoms with Crippen molar-refractivity contribution >= 4 is 22.0 Å². The Morgan fingerprint density at radius 1 is 1.26 bits per heavy atom. The van der Waals surface area contributed by atoms with E-state index in [0.29, 0.717) is 19.4 Å². The average molecular weight is 397 g/mol. The molecule has 1 heterocycles. The molecule has 1 amide bonds. The monoisotopic (exact) mass is 397 g/mol. The number of nitrogens with zero attached hydrogens (tertiary/aromatic N) is 1. The third kappa shape index (κ3) is 6.95. The maximum atomic E-state index is 12.7. The zero-order chi connectivity index (χ0) is 19.9. The van der Waals surface area contributed by atoms with Crippen LogP contribution in [-0.4, -0.2) is 57.8 Å². The SMILES string of the molecule is COC(=O)C[C@@H]1C[C@@H](CCOS(C)(=O)=O)N(CCCc2ccccc2)C1=O. The van der Waals surface area contributed by atoms with Gasteiger partial charge in [-0.05, 0) is 31.2 Å². The lowest BCUT2D eigenvalue weighted by atomic mass is 10.0. The number of carbonyl (C=O) groups excluding carboxylic acids is 2. The molecule has 7 nitrogen and oxygen atoms in total. The van der Waals surface area contributed by atoms with Gasteiger partial charge in [-0.1, -0.05) is 30.3 Å². The molecule has 0 aliphatic carbocycles. The molecule has 1 saturated heterocycles. The van der Waals surface area contributed by atoms with Crippen LogP contribution in [0.2, 0.25) is 0 Å². The Hall–Kier alpha value is -1.93. The summed E-state index contributed by atoms with van der Waals surface area (Å²) in [6.45, 7) is 0.589. The smallest absolute Gasteiger partial charge is 0.306 e. The Balaban J connectivity index is 1.96. The van der Waals surface area contributed by atoms with E-state index < -0.39 is 22.0 Å². The van der Waals surface area contributed by atoms with Crippen molar-refractivity contribution in [2.45, 2.75) is 38.1 Å². The van der Waals surface area contributed by atoms with Gasteiger partial charge in [-0.25, -0.2) is 0 Å². The Labute approximate surface area is 160 Å². The van der Waals surface area contributed by atoms with E-state index in [1.165, 1.54) is 12.7 Å². The molecule has 0 saturated carbocycles. The van der Waals surface area contributed by atoms with Crippen molar-refractivity contribution in [2.75, 3.05) is 26.5 Å². The molecule has 2 rings (SSSR count). The minimum atomic E-state index is -3.51. The summed E-state index contributed by atoms with van der Waals surface area (Å²) in [6, 6.07) is 9.88. The van der Waals surface area contributed by atoms with Crippen molar-refractivity contribution in [2.24, 2.45) is 5.92 Å². The molecule has 1 aliphatic heterocycles. The van der Waals surface area contributed by atoms with Crippen LogP contribution in [0, 0.1) is 5.92 Å². The van der Waals surface area contributed by atoms with Crippen molar-refractivity contribution in [3.8, 4) is 0 Å². The molecule has 1 aromatic carbocycles. The number of ether oxygens (including phenoxy) is 1. The van der Waals surface area contributed by atoms with E-state index in [1.54, 1.807) is 4.90 Å². The molecular formula is C19H27NO6S. The van der Waals surface area contributed by atoms with Crippen molar-refractivity contribution in [1.82, 2.24) is 4.90 Å². The third-order valence-electron chi connectivity index (χ3n) is 4.73. The van der Waals surface area contributed by atoms with Gasteiger partial charge in [0.2, 0.25) is 5.91 Å². The summed E-state index contributed by atoms with van der Waals surface area (Å²) in [5.74, 6) is -0.902. The molecule has 0 spiro atoms. The van der Waals surface area contributed by atoms with Crippen molar-refractivity contribution < 1.29 is 26.9 Å². The number of esters is 1. The summed E-state index contributed by atoms with van der Waals surface area (Å²) < 4.78 is 31.8. The first kappa shape index (κ1) is 21.4. The van der Waals surface area contributed by atoms with Gasteiger partial charge >= 0.3 is 5.97 Å². The van der Waals surface area contributed by atoms with E-state index in [2.05, 4.69) is 4.74 Å². The number of hydrogen-bond acceptors (Lipinski definition) is 6. The summed E-state index contributed by atoms with van der Waals surface area (Å²) in [5, 5.41) is 0. The van der Waals surface area contributed by atoms with Crippen molar-refractivity contribution in [1.29, 1.82) is 0 Å². The van der Waals surface area contributed by atoms with Gasteiger partial charge in [0, 0.05) is 12.6 Å². The van der Waals surface area contributed by atoms with Crippen LogP contribution in [0.25, 0.3) is 0 Å². The average Bonchev–Trinajstić information content (AvgIpc) is 2.90. The fourth-order valence-electron chi connectivity index (χ4n) is 3.43. The lowest BCUT2D eigenvalue weighted by Gasteiger charge is -2.24.